The van der Waals surface area contributed by atoms with Crippen molar-refractivity contribution in [3.05, 3.63) is 41.5 Å². The van der Waals surface area contributed by atoms with Gasteiger partial charge in [-0.3, -0.25) is 14.5 Å². The molecule has 0 amide bonds. The maximum atomic E-state index is 12.4. The van der Waals surface area contributed by atoms with E-state index in [1.165, 1.54) is 6.20 Å². The average Bonchev–Trinajstić information content (AvgIpc) is 2.79. The molecule has 0 saturated carbocycles. The van der Waals surface area contributed by atoms with Crippen LogP contribution in [0.5, 0.6) is 5.75 Å². The minimum Gasteiger partial charge on any atom is -0.495 e. The standard InChI is InChI=1S/C13H15N3O2/c1-4-12-11(8-16(2)15-12)13(17)9-5-10(18-3)7-14-6-9/h5-8H,4H2,1-3H3. The number of hydrogen-bond donors (Lipinski definition) is 0. The van der Waals surface area contributed by atoms with E-state index in [1.807, 2.05) is 6.92 Å². The number of carbonyl (C=O) groups is 1. The van der Waals surface area contributed by atoms with Gasteiger partial charge in [-0.2, -0.15) is 5.10 Å². The van der Waals surface area contributed by atoms with Crippen LogP contribution in [0, 0.1) is 0 Å². The summed E-state index contributed by atoms with van der Waals surface area (Å²) >= 11 is 0. The Labute approximate surface area is 105 Å². The van der Waals surface area contributed by atoms with E-state index < -0.39 is 0 Å². The van der Waals surface area contributed by atoms with Crippen LogP contribution in [0.1, 0.15) is 28.5 Å². The van der Waals surface area contributed by atoms with Crippen LogP contribution in [-0.4, -0.2) is 27.7 Å². The SMILES string of the molecule is CCc1nn(C)cc1C(=O)c1cncc(OC)c1. The van der Waals surface area contributed by atoms with E-state index in [2.05, 4.69) is 10.1 Å². The second-order valence-corrected chi connectivity index (χ2v) is 3.96. The Bertz CT molecular complexity index is 575. The first-order valence-electron chi connectivity index (χ1n) is 5.72. The Morgan fingerprint density at radius 2 is 2.22 bits per heavy atom. The first-order valence-corrected chi connectivity index (χ1v) is 5.72. The number of nitrogens with zero attached hydrogens (tertiary/aromatic N) is 3. The summed E-state index contributed by atoms with van der Waals surface area (Å²) in [5, 5.41) is 4.26. The third-order valence-electron chi connectivity index (χ3n) is 2.70. The van der Waals surface area contributed by atoms with Crippen molar-refractivity contribution in [2.24, 2.45) is 7.05 Å². The zero-order chi connectivity index (χ0) is 13.1. The lowest BCUT2D eigenvalue weighted by Crippen LogP contribution is -2.04. The van der Waals surface area contributed by atoms with Gasteiger partial charge in [-0.25, -0.2) is 0 Å². The molecule has 0 fully saturated rings. The molecule has 0 aliphatic rings. The Morgan fingerprint density at radius 3 is 2.89 bits per heavy atom. The number of ketones is 1. The number of aryl methyl sites for hydroxylation is 2. The van der Waals surface area contributed by atoms with Gasteiger partial charge in [0, 0.05) is 25.0 Å². The lowest BCUT2D eigenvalue weighted by molar-refractivity contribution is 0.103. The number of pyridine rings is 1. The third kappa shape index (κ3) is 2.25. The molecule has 0 N–H and O–H groups in total. The van der Waals surface area contributed by atoms with Crippen molar-refractivity contribution < 1.29 is 9.53 Å². The van der Waals surface area contributed by atoms with Crippen LogP contribution < -0.4 is 4.74 Å². The molecule has 18 heavy (non-hydrogen) atoms. The van der Waals surface area contributed by atoms with Crippen molar-refractivity contribution in [3.8, 4) is 5.75 Å². The topological polar surface area (TPSA) is 57.0 Å². The van der Waals surface area contributed by atoms with Crippen molar-refractivity contribution in [1.82, 2.24) is 14.8 Å². The summed E-state index contributed by atoms with van der Waals surface area (Å²) in [6.45, 7) is 1.98. The summed E-state index contributed by atoms with van der Waals surface area (Å²) in [5.41, 5.74) is 1.93. The number of rotatable bonds is 4. The lowest BCUT2D eigenvalue weighted by Gasteiger charge is -2.02. The van der Waals surface area contributed by atoms with Crippen LogP contribution in [0.4, 0.5) is 0 Å². The molecule has 0 bridgehead atoms. The zero-order valence-corrected chi connectivity index (χ0v) is 10.7. The van der Waals surface area contributed by atoms with Crippen molar-refractivity contribution in [3.63, 3.8) is 0 Å². The van der Waals surface area contributed by atoms with E-state index in [-0.39, 0.29) is 5.78 Å². The zero-order valence-electron chi connectivity index (χ0n) is 10.7. The van der Waals surface area contributed by atoms with Crippen LogP contribution >= 0.6 is 0 Å². The Kier molecular flexibility index (Phi) is 3.41. The quantitative estimate of drug-likeness (QED) is 0.768. The number of carbonyl (C=O) groups excluding carboxylic acids is 1. The fourth-order valence-electron chi connectivity index (χ4n) is 1.80. The Morgan fingerprint density at radius 1 is 1.44 bits per heavy atom. The van der Waals surface area contributed by atoms with Crippen LogP contribution in [0.15, 0.2) is 24.7 Å². The van der Waals surface area contributed by atoms with Crippen LogP contribution in [0.2, 0.25) is 0 Å². The molecule has 0 aromatic carbocycles. The average molecular weight is 245 g/mol. The highest BCUT2D eigenvalue weighted by Crippen LogP contribution is 2.17. The highest BCUT2D eigenvalue weighted by molar-refractivity contribution is 6.09. The predicted molar refractivity (Wildman–Crippen MR) is 66.8 cm³/mol. The fraction of sp³-hybridized carbons (Fsp3) is 0.308. The molecule has 2 aromatic heterocycles. The molecule has 0 spiro atoms. The van der Waals surface area contributed by atoms with Gasteiger partial charge in [0.1, 0.15) is 5.75 Å². The van der Waals surface area contributed by atoms with Crippen molar-refractivity contribution >= 4 is 5.78 Å². The number of methoxy groups -OCH3 is 1. The van der Waals surface area contributed by atoms with Crippen molar-refractivity contribution in [2.75, 3.05) is 7.11 Å². The second kappa shape index (κ2) is 5.00. The molecule has 0 aliphatic carbocycles. The smallest absolute Gasteiger partial charge is 0.198 e. The Balaban J connectivity index is 2.40. The molecule has 5 heteroatoms. The molecule has 5 nitrogen and oxygen atoms in total. The minimum atomic E-state index is -0.0775. The molecule has 0 unspecified atom stereocenters. The van der Waals surface area contributed by atoms with Gasteiger partial charge in [0.05, 0.1) is 24.6 Å². The van der Waals surface area contributed by atoms with Gasteiger partial charge >= 0.3 is 0 Å². The van der Waals surface area contributed by atoms with Crippen LogP contribution in [0.3, 0.4) is 0 Å². The molecule has 0 radical (unpaired) electrons. The number of ether oxygens (including phenoxy) is 1. The van der Waals surface area contributed by atoms with Crippen molar-refractivity contribution in [2.45, 2.75) is 13.3 Å². The molecule has 2 aromatic rings. The Hall–Kier alpha value is -2.17. The number of hydrogen-bond acceptors (Lipinski definition) is 4. The summed E-state index contributed by atoms with van der Waals surface area (Å²) in [6, 6.07) is 1.68. The molecule has 2 heterocycles. The number of aromatic nitrogens is 3. The molecule has 0 saturated heterocycles. The van der Waals surface area contributed by atoms with E-state index in [4.69, 9.17) is 4.74 Å². The second-order valence-electron chi connectivity index (χ2n) is 3.96. The van der Waals surface area contributed by atoms with E-state index in [9.17, 15) is 4.79 Å². The summed E-state index contributed by atoms with van der Waals surface area (Å²) < 4.78 is 6.72. The van der Waals surface area contributed by atoms with Gasteiger partial charge in [-0.15, -0.1) is 0 Å². The maximum absolute atomic E-state index is 12.4. The van der Waals surface area contributed by atoms with Gasteiger partial charge in [0.2, 0.25) is 0 Å². The first kappa shape index (κ1) is 12.3. The van der Waals surface area contributed by atoms with E-state index in [0.29, 0.717) is 16.9 Å². The largest absolute Gasteiger partial charge is 0.495 e. The van der Waals surface area contributed by atoms with Gasteiger partial charge in [-0.05, 0) is 12.5 Å². The van der Waals surface area contributed by atoms with E-state index in [1.54, 1.807) is 37.3 Å². The fourth-order valence-corrected chi connectivity index (χ4v) is 1.80. The molecule has 2 rings (SSSR count). The minimum absolute atomic E-state index is 0.0775. The monoisotopic (exact) mass is 245 g/mol. The van der Waals surface area contributed by atoms with Gasteiger partial charge in [0.25, 0.3) is 0 Å². The maximum Gasteiger partial charge on any atom is 0.198 e. The highest BCUT2D eigenvalue weighted by Gasteiger charge is 2.17. The summed E-state index contributed by atoms with van der Waals surface area (Å²) in [5.74, 6) is 0.495. The van der Waals surface area contributed by atoms with Crippen LogP contribution in [0.25, 0.3) is 0 Å². The third-order valence-corrected chi connectivity index (χ3v) is 2.70. The highest BCUT2D eigenvalue weighted by atomic mass is 16.5. The van der Waals surface area contributed by atoms with Gasteiger partial charge < -0.3 is 4.74 Å². The normalized spacial score (nSPS) is 10.4. The molecular formula is C13H15N3O2. The van der Waals surface area contributed by atoms with Crippen molar-refractivity contribution in [1.29, 1.82) is 0 Å². The molecule has 94 valence electrons. The first-order chi connectivity index (χ1) is 8.65. The van der Waals surface area contributed by atoms with E-state index in [0.717, 1.165) is 12.1 Å². The predicted octanol–water partition coefficient (Wildman–Crippen LogP) is 1.62. The molecular weight excluding hydrogens is 230 g/mol. The lowest BCUT2D eigenvalue weighted by atomic mass is 10.0. The summed E-state index contributed by atoms with van der Waals surface area (Å²) in [4.78, 5) is 16.3. The molecule has 0 atom stereocenters. The summed E-state index contributed by atoms with van der Waals surface area (Å²) in [7, 11) is 3.35. The van der Waals surface area contributed by atoms with E-state index >= 15 is 0 Å². The van der Waals surface area contributed by atoms with Crippen LogP contribution in [-0.2, 0) is 13.5 Å². The summed E-state index contributed by atoms with van der Waals surface area (Å²) in [6.07, 6.45) is 5.57. The van der Waals surface area contributed by atoms with Gasteiger partial charge in [-0.1, -0.05) is 6.92 Å². The molecule has 0 aliphatic heterocycles. The van der Waals surface area contributed by atoms with Gasteiger partial charge in [0.15, 0.2) is 5.78 Å².